The highest BCUT2D eigenvalue weighted by molar-refractivity contribution is 5.96. The molecule has 33 heavy (non-hydrogen) atoms. The molecule has 182 valence electrons. The molecule has 0 amide bonds. The highest BCUT2D eigenvalue weighted by atomic mass is 16.1. The maximum Gasteiger partial charge on any atom is 0.162 e. The van der Waals surface area contributed by atoms with Crippen molar-refractivity contribution in [2.45, 2.75) is 124 Å². The summed E-state index contributed by atoms with van der Waals surface area (Å²) < 4.78 is 0. The summed E-state index contributed by atoms with van der Waals surface area (Å²) in [5.74, 6) is 0.298. The molecule has 2 aromatic rings. The predicted molar refractivity (Wildman–Crippen MR) is 144 cm³/mol. The van der Waals surface area contributed by atoms with Crippen LogP contribution in [0.5, 0.6) is 0 Å². The number of unbranched alkanes of at least 4 members (excludes halogenated alkanes) is 13. The zero-order valence-corrected chi connectivity index (χ0v) is 21.8. The molecule has 0 atom stereocenters. The van der Waals surface area contributed by atoms with E-state index in [1.165, 1.54) is 106 Å². The Morgan fingerprint density at radius 3 is 1.70 bits per heavy atom. The molecule has 1 heteroatoms. The second kappa shape index (κ2) is 16.7. The summed E-state index contributed by atoms with van der Waals surface area (Å²) in [4.78, 5) is 12.5. The van der Waals surface area contributed by atoms with E-state index in [4.69, 9.17) is 0 Å². The molecule has 0 bridgehead atoms. The molecular formula is C32H48O. The fourth-order valence-corrected chi connectivity index (χ4v) is 4.64. The molecule has 0 saturated heterocycles. The number of Topliss-reactive ketones (excluding diaryl/α,β-unsaturated/α-hetero) is 1. The molecule has 0 spiro atoms. The normalized spacial score (nSPS) is 11.1. The van der Waals surface area contributed by atoms with Gasteiger partial charge in [0.05, 0.1) is 0 Å². The minimum Gasteiger partial charge on any atom is -0.294 e. The maximum absolute atomic E-state index is 12.5. The van der Waals surface area contributed by atoms with Gasteiger partial charge in [-0.15, -0.1) is 0 Å². The average molecular weight is 449 g/mol. The van der Waals surface area contributed by atoms with Crippen LogP contribution in [0.3, 0.4) is 0 Å². The van der Waals surface area contributed by atoms with Crippen LogP contribution in [0.1, 0.15) is 136 Å². The minimum atomic E-state index is 0.298. The maximum atomic E-state index is 12.5. The first-order valence-electron chi connectivity index (χ1n) is 13.8. The van der Waals surface area contributed by atoms with Crippen LogP contribution in [0, 0.1) is 13.8 Å². The number of carbonyl (C=O) groups excluding carboxylic acids is 1. The van der Waals surface area contributed by atoms with Crippen LogP contribution in [-0.2, 0) is 6.42 Å². The fraction of sp³-hybridized carbons (Fsp3) is 0.594. The molecule has 0 aliphatic heterocycles. The van der Waals surface area contributed by atoms with Crippen molar-refractivity contribution in [3.63, 3.8) is 0 Å². The largest absolute Gasteiger partial charge is 0.294 e. The first-order chi connectivity index (χ1) is 16.1. The lowest BCUT2D eigenvalue weighted by atomic mass is 9.97. The second-order valence-corrected chi connectivity index (χ2v) is 10.1. The summed E-state index contributed by atoms with van der Waals surface area (Å²) in [5.41, 5.74) is 6.15. The van der Waals surface area contributed by atoms with E-state index in [9.17, 15) is 4.79 Å². The number of rotatable bonds is 18. The fourth-order valence-electron chi connectivity index (χ4n) is 4.64. The van der Waals surface area contributed by atoms with Gasteiger partial charge >= 0.3 is 0 Å². The third kappa shape index (κ3) is 11.7. The van der Waals surface area contributed by atoms with E-state index >= 15 is 0 Å². The molecule has 2 rings (SSSR count). The topological polar surface area (TPSA) is 17.1 Å². The van der Waals surface area contributed by atoms with E-state index in [-0.39, 0.29) is 0 Å². The summed E-state index contributed by atoms with van der Waals surface area (Å²) >= 11 is 0. The van der Waals surface area contributed by atoms with Gasteiger partial charge < -0.3 is 0 Å². The average Bonchev–Trinajstić information content (AvgIpc) is 2.82. The Morgan fingerprint density at radius 1 is 0.636 bits per heavy atom. The first-order valence-corrected chi connectivity index (χ1v) is 13.8. The van der Waals surface area contributed by atoms with Gasteiger partial charge in [-0.05, 0) is 43.4 Å². The molecule has 0 radical (unpaired) electrons. The van der Waals surface area contributed by atoms with E-state index in [0.29, 0.717) is 12.2 Å². The van der Waals surface area contributed by atoms with Gasteiger partial charge in [-0.3, -0.25) is 4.79 Å². The lowest BCUT2D eigenvalue weighted by Crippen LogP contribution is -2.00. The van der Waals surface area contributed by atoms with Gasteiger partial charge in [0.2, 0.25) is 0 Å². The number of aryl methyl sites for hydroxylation is 2. The molecule has 0 saturated carbocycles. The van der Waals surface area contributed by atoms with Gasteiger partial charge in [0.25, 0.3) is 0 Å². The van der Waals surface area contributed by atoms with Crippen molar-refractivity contribution in [2.24, 2.45) is 0 Å². The van der Waals surface area contributed by atoms with Crippen molar-refractivity contribution in [2.75, 3.05) is 0 Å². The van der Waals surface area contributed by atoms with Crippen LogP contribution < -0.4 is 0 Å². The molecule has 0 aromatic heterocycles. The Labute approximate surface area is 204 Å². The van der Waals surface area contributed by atoms with E-state index in [1.54, 1.807) is 0 Å². The summed E-state index contributed by atoms with van der Waals surface area (Å²) in [5, 5.41) is 0. The number of hydrogen-bond donors (Lipinski definition) is 0. The number of hydrogen-bond acceptors (Lipinski definition) is 1. The van der Waals surface area contributed by atoms with Gasteiger partial charge in [0.1, 0.15) is 0 Å². The molecule has 2 aromatic carbocycles. The van der Waals surface area contributed by atoms with Crippen LogP contribution in [0.25, 0.3) is 0 Å². The van der Waals surface area contributed by atoms with Crippen molar-refractivity contribution in [1.29, 1.82) is 0 Å². The Bertz CT molecular complexity index is 787. The SMILES string of the molecule is CCCCCCCCCCCCCCCCC(=O)c1ccc(Cc2cc(C)ccc2C)cc1. The second-order valence-electron chi connectivity index (χ2n) is 10.1. The third-order valence-electron chi connectivity index (χ3n) is 6.93. The summed E-state index contributed by atoms with van der Waals surface area (Å²) in [7, 11) is 0. The van der Waals surface area contributed by atoms with Crippen molar-refractivity contribution in [3.05, 3.63) is 70.3 Å². The predicted octanol–water partition coefficient (Wildman–Crippen LogP) is 9.95. The van der Waals surface area contributed by atoms with Crippen LogP contribution in [0.2, 0.25) is 0 Å². The number of ketones is 1. The number of carbonyl (C=O) groups is 1. The molecule has 0 aliphatic carbocycles. The van der Waals surface area contributed by atoms with Crippen molar-refractivity contribution < 1.29 is 4.79 Å². The van der Waals surface area contributed by atoms with E-state index in [0.717, 1.165) is 18.4 Å². The highest BCUT2D eigenvalue weighted by Crippen LogP contribution is 2.18. The zero-order chi connectivity index (χ0) is 23.7. The van der Waals surface area contributed by atoms with Crippen LogP contribution in [0.4, 0.5) is 0 Å². The molecule has 0 unspecified atom stereocenters. The van der Waals surface area contributed by atoms with Crippen molar-refractivity contribution in [3.8, 4) is 0 Å². The quantitative estimate of drug-likeness (QED) is 0.164. The van der Waals surface area contributed by atoms with Gasteiger partial charge in [0, 0.05) is 12.0 Å². The molecule has 0 heterocycles. The van der Waals surface area contributed by atoms with Gasteiger partial charge in [-0.25, -0.2) is 0 Å². The number of benzene rings is 2. The van der Waals surface area contributed by atoms with Gasteiger partial charge in [-0.1, -0.05) is 138 Å². The van der Waals surface area contributed by atoms with E-state index in [2.05, 4.69) is 51.1 Å². The molecule has 0 fully saturated rings. The zero-order valence-electron chi connectivity index (χ0n) is 21.8. The molecule has 0 aliphatic rings. The smallest absolute Gasteiger partial charge is 0.162 e. The lowest BCUT2D eigenvalue weighted by Gasteiger charge is -2.08. The summed E-state index contributed by atoms with van der Waals surface area (Å²) in [6.07, 6.45) is 20.5. The Balaban J connectivity index is 1.51. The standard InChI is InChI=1S/C32H48O/c1-4-5-6-7-8-9-10-11-12-13-14-15-16-17-18-32(33)30-23-21-29(22-24-30)26-31-25-27(2)19-20-28(31)3/h19-25H,4-18,26H2,1-3H3. The first kappa shape index (κ1) is 27.4. The minimum absolute atomic E-state index is 0.298. The van der Waals surface area contributed by atoms with E-state index < -0.39 is 0 Å². The van der Waals surface area contributed by atoms with E-state index in [1.807, 2.05) is 12.1 Å². The monoisotopic (exact) mass is 448 g/mol. The summed E-state index contributed by atoms with van der Waals surface area (Å²) in [6.45, 7) is 6.59. The lowest BCUT2D eigenvalue weighted by molar-refractivity contribution is 0.0979. The van der Waals surface area contributed by atoms with Gasteiger partial charge in [-0.2, -0.15) is 0 Å². The van der Waals surface area contributed by atoms with Crippen LogP contribution in [0.15, 0.2) is 42.5 Å². The highest BCUT2D eigenvalue weighted by Gasteiger charge is 2.07. The van der Waals surface area contributed by atoms with Crippen molar-refractivity contribution >= 4 is 5.78 Å². The van der Waals surface area contributed by atoms with Crippen molar-refractivity contribution in [1.82, 2.24) is 0 Å². The third-order valence-corrected chi connectivity index (χ3v) is 6.93. The summed E-state index contributed by atoms with van der Waals surface area (Å²) in [6, 6.07) is 14.9. The van der Waals surface area contributed by atoms with Gasteiger partial charge in [0.15, 0.2) is 5.78 Å². The molecule has 1 nitrogen and oxygen atoms in total. The molecular weight excluding hydrogens is 400 g/mol. The Kier molecular flexibility index (Phi) is 13.8. The van der Waals surface area contributed by atoms with Crippen LogP contribution in [-0.4, -0.2) is 5.78 Å². The molecule has 0 N–H and O–H groups in total. The Hall–Kier alpha value is -1.89. The Morgan fingerprint density at radius 2 is 1.15 bits per heavy atom. The van der Waals surface area contributed by atoms with Crippen LogP contribution >= 0.6 is 0 Å².